The number of aromatic nitrogens is 2. The van der Waals surface area contributed by atoms with Crippen LogP contribution in [0, 0.1) is 5.82 Å². The van der Waals surface area contributed by atoms with Gasteiger partial charge in [0.25, 0.3) is 0 Å². The van der Waals surface area contributed by atoms with Gasteiger partial charge in [0.1, 0.15) is 11.5 Å². The van der Waals surface area contributed by atoms with Crippen molar-refractivity contribution in [3.63, 3.8) is 0 Å². The molecule has 2 aromatic heterocycles. The van der Waals surface area contributed by atoms with E-state index < -0.39 is 0 Å². The van der Waals surface area contributed by atoms with E-state index in [4.69, 9.17) is 4.99 Å². The Hall–Kier alpha value is -3.09. The van der Waals surface area contributed by atoms with Gasteiger partial charge < -0.3 is 19.5 Å². The summed E-state index contributed by atoms with van der Waals surface area (Å²) < 4.78 is 15.2. The molecule has 0 unspecified atom stereocenters. The second-order valence-electron chi connectivity index (χ2n) is 7.13. The van der Waals surface area contributed by atoms with Gasteiger partial charge in [0.05, 0.1) is 5.69 Å². The molecule has 0 saturated carbocycles. The Morgan fingerprint density at radius 1 is 1.10 bits per heavy atom. The number of imidazole rings is 1. The zero-order valence-electron chi connectivity index (χ0n) is 16.8. The van der Waals surface area contributed by atoms with Crippen LogP contribution >= 0.6 is 0 Å². The number of rotatable bonds is 5. The van der Waals surface area contributed by atoms with Crippen molar-refractivity contribution >= 4 is 17.3 Å². The number of benzene rings is 1. The number of pyridine rings is 1. The third-order valence-electron chi connectivity index (χ3n) is 5.15. The summed E-state index contributed by atoms with van der Waals surface area (Å²) >= 11 is 0. The smallest absolute Gasteiger partial charge is 0.194 e. The molecule has 4 rings (SSSR count). The first-order valence-electron chi connectivity index (χ1n) is 10.2. The van der Waals surface area contributed by atoms with Crippen molar-refractivity contribution in [3.8, 4) is 0 Å². The number of fused-ring (bicyclic) bond motifs is 1. The summed E-state index contributed by atoms with van der Waals surface area (Å²) in [6, 6.07) is 12.7. The number of guanidine groups is 1. The summed E-state index contributed by atoms with van der Waals surface area (Å²) in [6.07, 6.45) is 4.89. The molecule has 6 nitrogen and oxygen atoms in total. The fourth-order valence-corrected chi connectivity index (χ4v) is 3.64. The van der Waals surface area contributed by atoms with E-state index in [-0.39, 0.29) is 5.82 Å². The molecule has 3 heterocycles. The Morgan fingerprint density at radius 2 is 1.90 bits per heavy atom. The number of nitrogens with one attached hydrogen (secondary N) is 1. The molecule has 1 aliphatic rings. The van der Waals surface area contributed by atoms with Gasteiger partial charge in [-0.25, -0.2) is 9.37 Å². The maximum Gasteiger partial charge on any atom is 0.194 e. The fraction of sp³-hybridized carbons (Fsp3) is 0.364. The summed E-state index contributed by atoms with van der Waals surface area (Å²) in [4.78, 5) is 14.1. The number of piperazine rings is 1. The first-order valence-corrected chi connectivity index (χ1v) is 10.2. The summed E-state index contributed by atoms with van der Waals surface area (Å²) in [7, 11) is 0. The zero-order valence-corrected chi connectivity index (χ0v) is 16.8. The molecule has 1 aromatic carbocycles. The molecular formula is C22H27FN6. The van der Waals surface area contributed by atoms with Crippen LogP contribution in [0.1, 0.15) is 12.6 Å². The largest absolute Gasteiger partial charge is 0.368 e. The number of hydrogen-bond donors (Lipinski definition) is 1. The van der Waals surface area contributed by atoms with E-state index in [1.54, 1.807) is 0 Å². The molecule has 0 bridgehead atoms. The SMILES string of the molecule is CCNC(=NCCc1cn2ccccc2n1)N1CCN(c2ccc(F)cc2)CC1. The van der Waals surface area contributed by atoms with E-state index in [0.29, 0.717) is 6.54 Å². The third-order valence-corrected chi connectivity index (χ3v) is 5.15. The molecule has 1 aliphatic heterocycles. The lowest BCUT2D eigenvalue weighted by atomic mass is 10.2. The van der Waals surface area contributed by atoms with Gasteiger partial charge in [-0.3, -0.25) is 4.99 Å². The van der Waals surface area contributed by atoms with Crippen molar-refractivity contribution in [1.29, 1.82) is 0 Å². The van der Waals surface area contributed by atoms with Crippen LogP contribution < -0.4 is 10.2 Å². The summed E-state index contributed by atoms with van der Waals surface area (Å²) in [6.45, 7) is 7.18. The molecule has 1 N–H and O–H groups in total. The average Bonchev–Trinajstić information content (AvgIpc) is 3.17. The second kappa shape index (κ2) is 8.94. The van der Waals surface area contributed by atoms with Gasteiger partial charge in [0.15, 0.2) is 5.96 Å². The number of nitrogens with zero attached hydrogens (tertiary/aromatic N) is 5. The predicted octanol–water partition coefficient (Wildman–Crippen LogP) is 2.80. The lowest BCUT2D eigenvalue weighted by Gasteiger charge is -2.37. The number of hydrogen-bond acceptors (Lipinski definition) is 3. The second-order valence-corrected chi connectivity index (χ2v) is 7.13. The monoisotopic (exact) mass is 394 g/mol. The predicted molar refractivity (Wildman–Crippen MR) is 115 cm³/mol. The van der Waals surface area contributed by atoms with Crippen molar-refractivity contribution in [3.05, 3.63) is 66.4 Å². The average molecular weight is 394 g/mol. The molecule has 0 amide bonds. The number of aliphatic imine (C=N–C) groups is 1. The van der Waals surface area contributed by atoms with Gasteiger partial charge in [-0.05, 0) is 43.3 Å². The van der Waals surface area contributed by atoms with Gasteiger partial charge in [0.2, 0.25) is 0 Å². The van der Waals surface area contributed by atoms with E-state index in [1.807, 2.05) is 40.9 Å². The van der Waals surface area contributed by atoms with Crippen molar-refractivity contribution in [1.82, 2.24) is 19.6 Å². The molecule has 152 valence electrons. The highest BCUT2D eigenvalue weighted by Crippen LogP contribution is 2.17. The zero-order chi connectivity index (χ0) is 20.1. The van der Waals surface area contributed by atoms with E-state index in [0.717, 1.165) is 62.1 Å². The molecule has 29 heavy (non-hydrogen) atoms. The maximum atomic E-state index is 13.2. The first-order chi connectivity index (χ1) is 14.2. The minimum atomic E-state index is -0.195. The normalized spacial score (nSPS) is 15.2. The van der Waals surface area contributed by atoms with Crippen LogP contribution in [-0.2, 0) is 6.42 Å². The van der Waals surface area contributed by atoms with Crippen LogP contribution in [-0.4, -0.2) is 59.5 Å². The molecule has 7 heteroatoms. The van der Waals surface area contributed by atoms with Crippen molar-refractivity contribution in [2.75, 3.05) is 44.2 Å². The standard InChI is InChI=1S/C22H27FN6/c1-2-24-22(25-11-10-19-17-29-12-4-3-5-21(29)26-19)28-15-13-27(14-16-28)20-8-6-18(23)7-9-20/h3-9,12,17H,2,10-11,13-16H2,1H3,(H,24,25). The Labute approximate surface area is 170 Å². The summed E-state index contributed by atoms with van der Waals surface area (Å²) in [5.74, 6) is 0.759. The van der Waals surface area contributed by atoms with Crippen LogP contribution in [0.3, 0.4) is 0 Å². The summed E-state index contributed by atoms with van der Waals surface area (Å²) in [5.41, 5.74) is 3.09. The topological polar surface area (TPSA) is 48.2 Å². The number of anilines is 1. The molecule has 1 saturated heterocycles. The Kier molecular flexibility index (Phi) is 5.93. The van der Waals surface area contributed by atoms with Gasteiger partial charge in [-0.1, -0.05) is 6.07 Å². The Bertz CT molecular complexity index is 924. The molecule has 3 aromatic rings. The molecule has 0 atom stereocenters. The van der Waals surface area contributed by atoms with Gasteiger partial charge in [-0.15, -0.1) is 0 Å². The van der Waals surface area contributed by atoms with Crippen LogP contribution in [0.15, 0.2) is 59.9 Å². The molecule has 0 radical (unpaired) electrons. The number of halogens is 1. The molecule has 1 fully saturated rings. The van der Waals surface area contributed by atoms with E-state index in [9.17, 15) is 4.39 Å². The Balaban J connectivity index is 1.35. The van der Waals surface area contributed by atoms with Crippen molar-refractivity contribution in [2.24, 2.45) is 4.99 Å². The minimum absolute atomic E-state index is 0.195. The quantitative estimate of drug-likeness (QED) is 0.534. The van der Waals surface area contributed by atoms with Gasteiger partial charge >= 0.3 is 0 Å². The molecule has 0 aliphatic carbocycles. The third kappa shape index (κ3) is 4.67. The molecular weight excluding hydrogens is 367 g/mol. The lowest BCUT2D eigenvalue weighted by Crippen LogP contribution is -2.52. The highest BCUT2D eigenvalue weighted by atomic mass is 19.1. The van der Waals surface area contributed by atoms with Gasteiger partial charge in [-0.2, -0.15) is 0 Å². The minimum Gasteiger partial charge on any atom is -0.368 e. The highest BCUT2D eigenvalue weighted by Gasteiger charge is 2.19. The van der Waals surface area contributed by atoms with Crippen LogP contribution in [0.25, 0.3) is 5.65 Å². The van der Waals surface area contributed by atoms with Crippen molar-refractivity contribution < 1.29 is 4.39 Å². The lowest BCUT2D eigenvalue weighted by molar-refractivity contribution is 0.372. The summed E-state index contributed by atoms with van der Waals surface area (Å²) in [5, 5.41) is 3.41. The Morgan fingerprint density at radius 3 is 2.62 bits per heavy atom. The first kappa shape index (κ1) is 19.2. The van der Waals surface area contributed by atoms with E-state index >= 15 is 0 Å². The van der Waals surface area contributed by atoms with Crippen LogP contribution in [0.4, 0.5) is 10.1 Å². The maximum absolute atomic E-state index is 13.2. The van der Waals surface area contributed by atoms with Crippen LogP contribution in [0.2, 0.25) is 0 Å². The molecule has 0 spiro atoms. The highest BCUT2D eigenvalue weighted by molar-refractivity contribution is 5.80. The van der Waals surface area contributed by atoms with E-state index in [1.165, 1.54) is 12.1 Å². The van der Waals surface area contributed by atoms with Crippen molar-refractivity contribution in [2.45, 2.75) is 13.3 Å². The van der Waals surface area contributed by atoms with Gasteiger partial charge in [0, 0.05) is 63.8 Å². The van der Waals surface area contributed by atoms with E-state index in [2.05, 4.69) is 33.2 Å². The fourth-order valence-electron chi connectivity index (χ4n) is 3.64. The van der Waals surface area contributed by atoms with Crippen LogP contribution in [0.5, 0.6) is 0 Å².